The molecule has 4 rings (SSSR count). The van der Waals surface area contributed by atoms with Gasteiger partial charge in [0.25, 0.3) is 0 Å². The summed E-state index contributed by atoms with van der Waals surface area (Å²) in [5, 5.41) is 7.31. The molecule has 0 saturated heterocycles. The molecule has 156 valence electrons. The minimum absolute atomic E-state index is 0.157. The molecule has 2 aliphatic rings. The van der Waals surface area contributed by atoms with E-state index in [1.807, 2.05) is 10.6 Å². The summed E-state index contributed by atoms with van der Waals surface area (Å²) in [4.78, 5) is 28.2. The number of aldehydes is 1. The van der Waals surface area contributed by atoms with Crippen molar-refractivity contribution in [2.75, 3.05) is 13.7 Å². The van der Waals surface area contributed by atoms with E-state index >= 15 is 0 Å². The molecule has 0 spiro atoms. The van der Waals surface area contributed by atoms with Gasteiger partial charge in [0.2, 0.25) is 0 Å². The highest BCUT2D eigenvalue weighted by molar-refractivity contribution is 6.31. The molecule has 1 N–H and O–H groups in total. The van der Waals surface area contributed by atoms with Gasteiger partial charge in [-0.05, 0) is 49.7 Å². The van der Waals surface area contributed by atoms with Crippen molar-refractivity contribution in [3.8, 4) is 17.1 Å². The number of aromatic nitrogens is 2. The van der Waals surface area contributed by atoms with Crippen LogP contribution in [0.4, 0.5) is 0 Å². The van der Waals surface area contributed by atoms with Crippen molar-refractivity contribution in [2.45, 2.75) is 45.6 Å². The Balaban J connectivity index is 0.00000117. The van der Waals surface area contributed by atoms with Crippen LogP contribution in [-0.2, 0) is 12.0 Å². The summed E-state index contributed by atoms with van der Waals surface area (Å²) in [6.07, 6.45) is 5.40. The summed E-state index contributed by atoms with van der Waals surface area (Å²) < 4.78 is 7.91. The monoisotopic (exact) mass is 418 g/mol. The summed E-state index contributed by atoms with van der Waals surface area (Å²) in [5.41, 5.74) is 1.95. The van der Waals surface area contributed by atoms with Crippen molar-refractivity contribution < 1.29 is 14.6 Å². The summed E-state index contributed by atoms with van der Waals surface area (Å²) in [5.74, 6) is 1.51. The van der Waals surface area contributed by atoms with Gasteiger partial charge in [-0.3, -0.25) is 9.59 Å². The SMILES string of the molecule is CC(C)C1(C)Cc2cc(OCC3CC3)c(Cl)nc2-c2cc(=O)c(C=O)cn21.CO. The van der Waals surface area contributed by atoms with Gasteiger partial charge in [0.1, 0.15) is 0 Å². The standard InChI is InChI=1S/C21H23ClN2O3.CH4O/c1-12(2)21(3)8-14-6-18(27-11-13-4-5-13)20(22)23-19(14)16-7-17(26)15(10-25)9-24(16)21;1-2/h6-7,9-10,12-13H,4-5,8,11H2,1-3H3;2H,1H3. The molecular weight excluding hydrogens is 392 g/mol. The molecule has 1 unspecified atom stereocenters. The molecule has 0 aromatic carbocycles. The smallest absolute Gasteiger partial charge is 0.192 e. The number of carbonyl (C=O) groups is 1. The zero-order valence-corrected chi connectivity index (χ0v) is 18.0. The lowest BCUT2D eigenvalue weighted by molar-refractivity contribution is 0.112. The third kappa shape index (κ3) is 3.96. The molecule has 6 nitrogen and oxygen atoms in total. The van der Waals surface area contributed by atoms with E-state index in [1.165, 1.54) is 18.9 Å². The summed E-state index contributed by atoms with van der Waals surface area (Å²) >= 11 is 6.38. The molecule has 3 heterocycles. The van der Waals surface area contributed by atoms with Crippen LogP contribution in [-0.4, -0.2) is 34.7 Å². The highest BCUT2D eigenvalue weighted by atomic mass is 35.5. The molecule has 2 aromatic rings. The normalized spacial score (nSPS) is 19.7. The lowest BCUT2D eigenvalue weighted by Gasteiger charge is -2.42. The van der Waals surface area contributed by atoms with E-state index < -0.39 is 0 Å². The van der Waals surface area contributed by atoms with Gasteiger partial charge in [-0.1, -0.05) is 25.4 Å². The molecule has 0 amide bonds. The molecule has 7 heteroatoms. The van der Waals surface area contributed by atoms with Crippen LogP contribution < -0.4 is 10.2 Å². The van der Waals surface area contributed by atoms with Crippen molar-refractivity contribution in [3.63, 3.8) is 0 Å². The van der Waals surface area contributed by atoms with Crippen molar-refractivity contribution >= 4 is 17.9 Å². The first-order chi connectivity index (χ1) is 13.8. The van der Waals surface area contributed by atoms with Crippen LogP contribution in [0.15, 0.2) is 23.1 Å². The highest BCUT2D eigenvalue weighted by Gasteiger charge is 2.38. The predicted octanol–water partition coefficient (Wildman–Crippen LogP) is 3.70. The Morgan fingerprint density at radius 2 is 2.07 bits per heavy atom. The van der Waals surface area contributed by atoms with E-state index in [0.29, 0.717) is 41.1 Å². The Kier molecular flexibility index (Phi) is 6.15. The Morgan fingerprint density at radius 3 is 2.66 bits per heavy atom. The predicted molar refractivity (Wildman–Crippen MR) is 113 cm³/mol. The fourth-order valence-electron chi connectivity index (χ4n) is 3.66. The number of fused-ring (bicyclic) bond motifs is 3. The maximum atomic E-state index is 12.3. The van der Waals surface area contributed by atoms with Gasteiger partial charge in [0.15, 0.2) is 22.6 Å². The number of carbonyl (C=O) groups excluding carboxylic acids is 1. The summed E-state index contributed by atoms with van der Waals surface area (Å²) in [6, 6.07) is 3.46. The van der Waals surface area contributed by atoms with E-state index in [2.05, 4.69) is 25.8 Å². The molecule has 1 aliphatic carbocycles. The van der Waals surface area contributed by atoms with E-state index in [-0.39, 0.29) is 22.4 Å². The number of halogens is 1. The Morgan fingerprint density at radius 1 is 1.38 bits per heavy atom. The van der Waals surface area contributed by atoms with Gasteiger partial charge < -0.3 is 14.4 Å². The van der Waals surface area contributed by atoms with Crippen molar-refractivity contribution in [1.29, 1.82) is 0 Å². The van der Waals surface area contributed by atoms with Crippen LogP contribution >= 0.6 is 11.6 Å². The number of hydrogen-bond acceptors (Lipinski definition) is 5. The Labute approximate surface area is 175 Å². The fourth-order valence-corrected chi connectivity index (χ4v) is 3.85. The zero-order chi connectivity index (χ0) is 21.3. The second-order valence-electron chi connectivity index (χ2n) is 8.19. The number of aliphatic hydroxyl groups excluding tert-OH is 1. The van der Waals surface area contributed by atoms with Crippen molar-refractivity contribution in [3.05, 3.63) is 44.8 Å². The molecule has 1 aliphatic heterocycles. The Bertz CT molecular complexity index is 982. The Hall–Kier alpha value is -2.18. The number of rotatable bonds is 5. The van der Waals surface area contributed by atoms with E-state index in [4.69, 9.17) is 21.4 Å². The molecule has 1 fully saturated rings. The maximum absolute atomic E-state index is 12.3. The van der Waals surface area contributed by atoms with Crippen LogP contribution in [0.5, 0.6) is 5.75 Å². The largest absolute Gasteiger partial charge is 0.490 e. The second kappa shape index (κ2) is 8.28. The quantitative estimate of drug-likeness (QED) is 0.591. The highest BCUT2D eigenvalue weighted by Crippen LogP contribution is 2.43. The first kappa shape index (κ1) is 21.5. The van der Waals surface area contributed by atoms with Gasteiger partial charge in [-0.25, -0.2) is 4.98 Å². The van der Waals surface area contributed by atoms with E-state index in [0.717, 1.165) is 19.1 Å². The van der Waals surface area contributed by atoms with Gasteiger partial charge >= 0.3 is 0 Å². The van der Waals surface area contributed by atoms with Crippen molar-refractivity contribution in [2.24, 2.45) is 11.8 Å². The number of pyridine rings is 2. The molecule has 1 atom stereocenters. The maximum Gasteiger partial charge on any atom is 0.192 e. The summed E-state index contributed by atoms with van der Waals surface area (Å²) in [6.45, 7) is 7.09. The minimum Gasteiger partial charge on any atom is -0.490 e. The number of nitrogens with zero attached hydrogens (tertiary/aromatic N) is 2. The molecular formula is C22H27ClN2O4. The van der Waals surface area contributed by atoms with Gasteiger partial charge in [0, 0.05) is 24.9 Å². The van der Waals surface area contributed by atoms with Gasteiger partial charge in [0.05, 0.1) is 23.6 Å². The number of aliphatic hydroxyl groups is 1. The van der Waals surface area contributed by atoms with Crippen LogP contribution in [0, 0.1) is 11.8 Å². The lowest BCUT2D eigenvalue weighted by atomic mass is 9.78. The first-order valence-electron chi connectivity index (χ1n) is 9.83. The van der Waals surface area contributed by atoms with E-state index in [9.17, 15) is 9.59 Å². The van der Waals surface area contributed by atoms with Gasteiger partial charge in [-0.2, -0.15) is 0 Å². The average Bonchev–Trinajstić information content (AvgIpc) is 3.53. The molecule has 0 radical (unpaired) electrons. The fraction of sp³-hybridized carbons (Fsp3) is 0.500. The summed E-state index contributed by atoms with van der Waals surface area (Å²) in [7, 11) is 1.00. The van der Waals surface area contributed by atoms with Crippen LogP contribution in [0.2, 0.25) is 5.15 Å². The van der Waals surface area contributed by atoms with Gasteiger partial charge in [-0.15, -0.1) is 0 Å². The third-order valence-electron chi connectivity index (χ3n) is 5.99. The third-order valence-corrected chi connectivity index (χ3v) is 6.26. The van der Waals surface area contributed by atoms with Crippen LogP contribution in [0.25, 0.3) is 11.4 Å². The van der Waals surface area contributed by atoms with Crippen molar-refractivity contribution in [1.82, 2.24) is 9.55 Å². The lowest BCUT2D eigenvalue weighted by Crippen LogP contribution is -2.42. The molecule has 29 heavy (non-hydrogen) atoms. The number of ether oxygens (including phenoxy) is 1. The molecule has 0 bridgehead atoms. The topological polar surface area (TPSA) is 81.4 Å². The first-order valence-corrected chi connectivity index (χ1v) is 10.2. The molecule has 1 saturated carbocycles. The number of hydrogen-bond donors (Lipinski definition) is 1. The van der Waals surface area contributed by atoms with Crippen LogP contribution in [0.3, 0.4) is 0 Å². The zero-order valence-electron chi connectivity index (χ0n) is 17.2. The van der Waals surface area contributed by atoms with E-state index in [1.54, 1.807) is 6.20 Å². The minimum atomic E-state index is -0.304. The average molecular weight is 419 g/mol. The van der Waals surface area contributed by atoms with Crippen LogP contribution in [0.1, 0.15) is 49.5 Å². The second-order valence-corrected chi connectivity index (χ2v) is 8.55. The molecule has 2 aromatic heterocycles.